The van der Waals surface area contributed by atoms with Gasteiger partial charge in [-0.2, -0.15) is 0 Å². The molecular formula is C12H20N4O2. The van der Waals surface area contributed by atoms with Gasteiger partial charge in [-0.1, -0.05) is 5.10 Å². The Morgan fingerprint density at radius 3 is 2.44 bits per heavy atom. The summed E-state index contributed by atoms with van der Waals surface area (Å²) in [5.74, 6) is 0.762. The van der Waals surface area contributed by atoms with E-state index >= 15 is 0 Å². The van der Waals surface area contributed by atoms with Gasteiger partial charge in [0.25, 0.3) is 0 Å². The topological polar surface area (TPSA) is 94.0 Å². The molecule has 0 bridgehead atoms. The smallest absolute Gasteiger partial charge is 0.322 e. The van der Waals surface area contributed by atoms with Gasteiger partial charge in [0.15, 0.2) is 0 Å². The standard InChI is InChI=1S/C12H20N4O2/c1-11(2,12(3,4)13)9(17)14-10-16-15-8(18-10)7-5-6-7/h7H,5-6,13H2,1-4H3,(H,14,16,17). The van der Waals surface area contributed by atoms with Gasteiger partial charge >= 0.3 is 6.01 Å². The third-order valence-electron chi connectivity index (χ3n) is 3.77. The zero-order chi connectivity index (χ0) is 13.6. The second-order valence-corrected chi connectivity index (χ2v) is 6.02. The Bertz CT molecular complexity index is 455. The number of anilines is 1. The van der Waals surface area contributed by atoms with Crippen LogP contribution in [0.4, 0.5) is 6.01 Å². The quantitative estimate of drug-likeness (QED) is 0.849. The van der Waals surface area contributed by atoms with Crippen LogP contribution in [0.2, 0.25) is 0 Å². The van der Waals surface area contributed by atoms with Crippen molar-refractivity contribution < 1.29 is 9.21 Å². The highest BCUT2D eigenvalue weighted by Crippen LogP contribution is 2.39. The van der Waals surface area contributed by atoms with Crippen LogP contribution in [0.15, 0.2) is 4.42 Å². The van der Waals surface area contributed by atoms with Crippen molar-refractivity contribution in [2.24, 2.45) is 11.1 Å². The summed E-state index contributed by atoms with van der Waals surface area (Å²) in [4.78, 5) is 12.2. The van der Waals surface area contributed by atoms with E-state index in [1.807, 2.05) is 13.8 Å². The second-order valence-electron chi connectivity index (χ2n) is 6.02. The van der Waals surface area contributed by atoms with E-state index in [-0.39, 0.29) is 11.9 Å². The van der Waals surface area contributed by atoms with Gasteiger partial charge in [-0.05, 0) is 40.5 Å². The first kappa shape index (κ1) is 13.0. The molecule has 6 nitrogen and oxygen atoms in total. The van der Waals surface area contributed by atoms with Crippen molar-refractivity contribution in [3.63, 3.8) is 0 Å². The maximum absolute atomic E-state index is 12.2. The van der Waals surface area contributed by atoms with Crippen molar-refractivity contribution >= 4 is 11.9 Å². The predicted octanol–water partition coefficient (Wildman–Crippen LogP) is 1.65. The second kappa shape index (κ2) is 4.05. The third kappa shape index (κ3) is 2.38. The van der Waals surface area contributed by atoms with Gasteiger partial charge < -0.3 is 10.2 Å². The van der Waals surface area contributed by atoms with Crippen LogP contribution in [0, 0.1) is 5.41 Å². The molecule has 1 aliphatic carbocycles. The molecule has 1 amide bonds. The fourth-order valence-electron chi connectivity index (χ4n) is 1.33. The largest absolute Gasteiger partial charge is 0.408 e. The highest BCUT2D eigenvalue weighted by Gasteiger charge is 2.41. The molecule has 3 N–H and O–H groups in total. The van der Waals surface area contributed by atoms with E-state index in [1.54, 1.807) is 13.8 Å². The molecule has 1 heterocycles. The van der Waals surface area contributed by atoms with Crippen LogP contribution < -0.4 is 11.1 Å². The molecule has 1 aromatic rings. The van der Waals surface area contributed by atoms with Crippen LogP contribution in [0.5, 0.6) is 0 Å². The number of carbonyl (C=O) groups is 1. The number of aromatic nitrogens is 2. The number of amides is 1. The summed E-state index contributed by atoms with van der Waals surface area (Å²) < 4.78 is 5.39. The van der Waals surface area contributed by atoms with Crippen molar-refractivity contribution in [3.05, 3.63) is 5.89 Å². The van der Waals surface area contributed by atoms with Crippen LogP contribution in [0.25, 0.3) is 0 Å². The maximum atomic E-state index is 12.2. The molecule has 18 heavy (non-hydrogen) atoms. The van der Waals surface area contributed by atoms with Crippen molar-refractivity contribution in [1.29, 1.82) is 0 Å². The van der Waals surface area contributed by atoms with Crippen LogP contribution >= 0.6 is 0 Å². The van der Waals surface area contributed by atoms with Crippen molar-refractivity contribution in [2.45, 2.75) is 52.0 Å². The minimum atomic E-state index is -0.735. The summed E-state index contributed by atoms with van der Waals surface area (Å²) >= 11 is 0. The summed E-state index contributed by atoms with van der Waals surface area (Å²) in [6.45, 7) is 7.22. The summed E-state index contributed by atoms with van der Waals surface area (Å²) in [5.41, 5.74) is 4.63. The fourth-order valence-corrected chi connectivity index (χ4v) is 1.33. The van der Waals surface area contributed by atoms with Gasteiger partial charge in [0, 0.05) is 11.5 Å². The molecule has 6 heteroatoms. The van der Waals surface area contributed by atoms with E-state index in [2.05, 4.69) is 15.5 Å². The van der Waals surface area contributed by atoms with Gasteiger partial charge in [-0.15, -0.1) is 5.10 Å². The van der Waals surface area contributed by atoms with Crippen LogP contribution in [-0.2, 0) is 4.79 Å². The Labute approximate surface area is 106 Å². The molecule has 0 atom stereocenters. The van der Waals surface area contributed by atoms with Crippen molar-refractivity contribution in [3.8, 4) is 0 Å². The van der Waals surface area contributed by atoms with Crippen molar-refractivity contribution in [2.75, 3.05) is 5.32 Å². The Hall–Kier alpha value is -1.43. The lowest BCUT2D eigenvalue weighted by Gasteiger charge is -2.36. The molecule has 0 radical (unpaired) electrons. The molecule has 0 aromatic carbocycles. The molecule has 0 aliphatic heterocycles. The molecular weight excluding hydrogens is 232 g/mol. The zero-order valence-corrected chi connectivity index (χ0v) is 11.3. The first-order valence-electron chi connectivity index (χ1n) is 6.15. The van der Waals surface area contributed by atoms with Crippen LogP contribution in [0.1, 0.15) is 52.3 Å². The number of hydrogen-bond donors (Lipinski definition) is 2. The molecule has 1 aliphatic rings. The highest BCUT2D eigenvalue weighted by molar-refractivity contribution is 5.94. The van der Waals surface area contributed by atoms with E-state index in [4.69, 9.17) is 10.2 Å². The monoisotopic (exact) mass is 252 g/mol. The molecule has 0 unspecified atom stereocenters. The van der Waals surface area contributed by atoms with Crippen LogP contribution in [0.3, 0.4) is 0 Å². The normalized spacial score (nSPS) is 16.7. The predicted molar refractivity (Wildman–Crippen MR) is 67.0 cm³/mol. The number of hydrogen-bond acceptors (Lipinski definition) is 5. The number of carbonyl (C=O) groups excluding carboxylic acids is 1. The Balaban J connectivity index is 2.06. The molecule has 0 spiro atoms. The van der Waals surface area contributed by atoms with Gasteiger partial charge in [0.05, 0.1) is 5.41 Å². The summed E-state index contributed by atoms with van der Waals surface area (Å²) in [6.07, 6.45) is 2.16. The molecule has 1 saturated carbocycles. The number of nitrogens with one attached hydrogen (secondary N) is 1. The molecule has 1 aromatic heterocycles. The van der Waals surface area contributed by atoms with E-state index in [0.717, 1.165) is 12.8 Å². The Morgan fingerprint density at radius 1 is 1.33 bits per heavy atom. The van der Waals surface area contributed by atoms with E-state index < -0.39 is 11.0 Å². The molecule has 0 saturated heterocycles. The Morgan fingerprint density at radius 2 is 1.94 bits per heavy atom. The number of nitrogens with two attached hydrogens (primary N) is 1. The number of rotatable bonds is 4. The fraction of sp³-hybridized carbons (Fsp3) is 0.750. The summed E-state index contributed by atoms with van der Waals surface area (Å²) in [5, 5.41) is 10.4. The minimum absolute atomic E-state index is 0.152. The summed E-state index contributed by atoms with van der Waals surface area (Å²) in [7, 11) is 0. The van der Waals surface area contributed by atoms with E-state index in [9.17, 15) is 4.79 Å². The summed E-state index contributed by atoms with van der Waals surface area (Å²) in [6, 6.07) is 0.152. The first-order valence-corrected chi connectivity index (χ1v) is 6.15. The minimum Gasteiger partial charge on any atom is -0.408 e. The van der Waals surface area contributed by atoms with E-state index in [0.29, 0.717) is 11.8 Å². The van der Waals surface area contributed by atoms with Crippen LogP contribution in [-0.4, -0.2) is 21.6 Å². The van der Waals surface area contributed by atoms with Gasteiger partial charge in [0.1, 0.15) is 0 Å². The van der Waals surface area contributed by atoms with E-state index in [1.165, 1.54) is 0 Å². The molecule has 2 rings (SSSR count). The lowest BCUT2D eigenvalue weighted by molar-refractivity contribution is -0.126. The van der Waals surface area contributed by atoms with Gasteiger partial charge in [-0.25, -0.2) is 0 Å². The van der Waals surface area contributed by atoms with Crippen molar-refractivity contribution in [1.82, 2.24) is 10.2 Å². The zero-order valence-electron chi connectivity index (χ0n) is 11.3. The SMILES string of the molecule is CC(C)(N)C(C)(C)C(=O)Nc1nnc(C2CC2)o1. The molecule has 1 fully saturated rings. The Kier molecular flexibility index (Phi) is 2.93. The third-order valence-corrected chi connectivity index (χ3v) is 3.77. The lowest BCUT2D eigenvalue weighted by Crippen LogP contribution is -2.53. The lowest BCUT2D eigenvalue weighted by atomic mass is 9.74. The highest BCUT2D eigenvalue weighted by atomic mass is 16.4. The first-order chi connectivity index (χ1) is 8.22. The van der Waals surface area contributed by atoms with Gasteiger partial charge in [0.2, 0.25) is 11.8 Å². The number of nitrogens with zero attached hydrogens (tertiary/aromatic N) is 2. The average molecular weight is 252 g/mol. The molecule has 100 valence electrons. The maximum Gasteiger partial charge on any atom is 0.322 e. The van der Waals surface area contributed by atoms with Gasteiger partial charge in [-0.3, -0.25) is 10.1 Å². The average Bonchev–Trinajstić information content (AvgIpc) is 2.98.